The molecule has 0 unspecified atom stereocenters. The number of para-hydroxylation sites is 1. The lowest BCUT2D eigenvalue weighted by atomic mass is 10.1. The van der Waals surface area contributed by atoms with Gasteiger partial charge in [0.05, 0.1) is 0 Å². The van der Waals surface area contributed by atoms with Crippen LogP contribution >= 0.6 is 0 Å². The molecule has 7 heteroatoms. The number of ether oxygens (including phenoxy) is 2. The van der Waals surface area contributed by atoms with E-state index in [-0.39, 0.29) is 11.5 Å². The zero-order chi connectivity index (χ0) is 20.1. The van der Waals surface area contributed by atoms with Crippen LogP contribution in [-0.2, 0) is 9.53 Å². The third kappa shape index (κ3) is 4.62. The number of halogens is 2. The molecule has 0 radical (unpaired) electrons. The number of carbonyl (C=O) groups is 2. The van der Waals surface area contributed by atoms with Gasteiger partial charge in [0.15, 0.2) is 6.10 Å². The fourth-order valence-electron chi connectivity index (χ4n) is 2.69. The van der Waals surface area contributed by atoms with Gasteiger partial charge in [-0.15, -0.1) is 0 Å². The number of nitrogens with one attached hydrogen (secondary N) is 1. The van der Waals surface area contributed by atoms with Crippen molar-refractivity contribution in [2.45, 2.75) is 19.6 Å². The molecule has 0 aliphatic rings. The molecule has 1 heterocycles. The van der Waals surface area contributed by atoms with E-state index >= 15 is 0 Å². The van der Waals surface area contributed by atoms with Gasteiger partial charge in [0.25, 0.3) is 0 Å². The Labute approximate surface area is 159 Å². The first kappa shape index (κ1) is 19.3. The SMILES string of the molecule is C[C@H](OC(=O)/C=C/c1ccc(OC(F)F)cc1)C(=O)c1c[nH]c2ccccc12. The fourth-order valence-corrected chi connectivity index (χ4v) is 2.69. The predicted octanol–water partition coefficient (Wildman–Crippen LogP) is 4.60. The topological polar surface area (TPSA) is 68.4 Å². The Morgan fingerprint density at radius 1 is 1.07 bits per heavy atom. The molecule has 1 aromatic heterocycles. The minimum atomic E-state index is -2.90. The number of aromatic nitrogens is 1. The molecule has 5 nitrogen and oxygen atoms in total. The number of hydrogen-bond donors (Lipinski definition) is 1. The van der Waals surface area contributed by atoms with E-state index in [9.17, 15) is 18.4 Å². The van der Waals surface area contributed by atoms with Crippen LogP contribution in [0, 0.1) is 0 Å². The van der Waals surface area contributed by atoms with Crippen LogP contribution in [0.5, 0.6) is 5.75 Å². The summed E-state index contributed by atoms with van der Waals surface area (Å²) in [6.07, 6.45) is 3.26. The van der Waals surface area contributed by atoms with E-state index in [1.807, 2.05) is 24.3 Å². The Hall–Kier alpha value is -3.48. The molecule has 0 fully saturated rings. The number of aromatic amines is 1. The lowest BCUT2D eigenvalue weighted by molar-refractivity contribution is -0.140. The highest BCUT2D eigenvalue weighted by Gasteiger charge is 2.21. The van der Waals surface area contributed by atoms with E-state index < -0.39 is 18.7 Å². The van der Waals surface area contributed by atoms with Gasteiger partial charge < -0.3 is 14.5 Å². The molecule has 1 N–H and O–H groups in total. The Morgan fingerprint density at radius 3 is 2.50 bits per heavy atom. The van der Waals surface area contributed by atoms with E-state index in [1.165, 1.54) is 43.3 Å². The second-order valence-electron chi connectivity index (χ2n) is 5.97. The molecule has 0 amide bonds. The van der Waals surface area contributed by atoms with Gasteiger partial charge in [0.2, 0.25) is 5.78 Å². The maximum atomic E-state index is 12.6. The van der Waals surface area contributed by atoms with Gasteiger partial charge in [-0.3, -0.25) is 4.79 Å². The summed E-state index contributed by atoms with van der Waals surface area (Å²) in [4.78, 5) is 27.6. The van der Waals surface area contributed by atoms with E-state index in [4.69, 9.17) is 4.74 Å². The van der Waals surface area contributed by atoms with Crippen molar-refractivity contribution < 1.29 is 27.8 Å². The summed E-state index contributed by atoms with van der Waals surface area (Å²) in [5.41, 5.74) is 1.87. The molecular weight excluding hydrogens is 368 g/mol. The van der Waals surface area contributed by atoms with E-state index in [1.54, 1.807) is 6.20 Å². The molecule has 0 saturated heterocycles. The Kier molecular flexibility index (Phi) is 5.84. The van der Waals surface area contributed by atoms with Gasteiger partial charge in [0.1, 0.15) is 5.75 Å². The average molecular weight is 385 g/mol. The van der Waals surface area contributed by atoms with Crippen LogP contribution in [0.25, 0.3) is 17.0 Å². The number of benzene rings is 2. The minimum Gasteiger partial charge on any atom is -0.451 e. The maximum absolute atomic E-state index is 12.6. The Morgan fingerprint density at radius 2 is 1.79 bits per heavy atom. The van der Waals surface area contributed by atoms with Crippen LogP contribution in [0.4, 0.5) is 8.78 Å². The molecular formula is C21H17F2NO4. The number of hydrogen-bond acceptors (Lipinski definition) is 4. The van der Waals surface area contributed by atoms with E-state index in [2.05, 4.69) is 9.72 Å². The predicted molar refractivity (Wildman–Crippen MR) is 100 cm³/mol. The highest BCUT2D eigenvalue weighted by atomic mass is 19.3. The Bertz CT molecular complexity index is 1010. The van der Waals surface area contributed by atoms with Crippen LogP contribution in [0.1, 0.15) is 22.8 Å². The number of rotatable bonds is 7. The molecule has 0 bridgehead atoms. The van der Waals surface area contributed by atoms with Gasteiger partial charge in [-0.1, -0.05) is 30.3 Å². The molecule has 2 aromatic carbocycles. The molecule has 3 rings (SSSR count). The largest absolute Gasteiger partial charge is 0.451 e. The van der Waals surface area contributed by atoms with Crippen LogP contribution < -0.4 is 4.74 Å². The molecule has 0 aliphatic heterocycles. The summed E-state index contributed by atoms with van der Waals surface area (Å²) in [6.45, 7) is -1.39. The standard InChI is InChI=1S/C21H17F2NO4/c1-13(20(26)17-12-24-18-5-3-2-4-16(17)18)27-19(25)11-8-14-6-9-15(10-7-14)28-21(22)23/h2-13,21,24H,1H3/b11-8+/t13-/m0/s1. The number of esters is 1. The van der Waals surface area contributed by atoms with Crippen molar-refractivity contribution >= 4 is 28.7 Å². The number of alkyl halides is 2. The molecule has 3 aromatic rings. The zero-order valence-corrected chi connectivity index (χ0v) is 14.9. The first-order valence-corrected chi connectivity index (χ1v) is 8.48. The number of ketones is 1. The van der Waals surface area contributed by atoms with Gasteiger partial charge in [-0.05, 0) is 36.8 Å². The average Bonchev–Trinajstić information content (AvgIpc) is 3.10. The van der Waals surface area contributed by atoms with Crippen molar-refractivity contribution in [3.05, 3.63) is 71.9 Å². The Balaban J connectivity index is 1.60. The minimum absolute atomic E-state index is 0.0210. The smallest absolute Gasteiger partial charge is 0.387 e. The van der Waals surface area contributed by atoms with Gasteiger partial charge in [-0.25, -0.2) is 4.79 Å². The summed E-state index contributed by atoms with van der Waals surface area (Å²) in [5, 5.41) is 0.761. The first-order chi connectivity index (χ1) is 13.4. The summed E-state index contributed by atoms with van der Waals surface area (Å²) in [5.74, 6) is -0.978. The molecule has 144 valence electrons. The normalized spacial score (nSPS) is 12.4. The third-order valence-electron chi connectivity index (χ3n) is 4.03. The lowest BCUT2D eigenvalue weighted by Crippen LogP contribution is -2.23. The maximum Gasteiger partial charge on any atom is 0.387 e. The van der Waals surface area contributed by atoms with Crippen LogP contribution in [0.2, 0.25) is 0 Å². The van der Waals surface area contributed by atoms with Crippen molar-refractivity contribution in [3.8, 4) is 5.75 Å². The molecule has 28 heavy (non-hydrogen) atoms. The fraction of sp³-hybridized carbons (Fsp3) is 0.143. The van der Waals surface area contributed by atoms with Gasteiger partial charge in [0, 0.05) is 28.7 Å². The summed E-state index contributed by atoms with van der Waals surface area (Å²) in [7, 11) is 0. The number of Topliss-reactive ketones (excluding diaryl/α,β-unsaturated/α-hetero) is 1. The van der Waals surface area contributed by atoms with Crippen LogP contribution in [0.15, 0.2) is 60.8 Å². The summed E-state index contributed by atoms with van der Waals surface area (Å²) in [6, 6.07) is 13.1. The van der Waals surface area contributed by atoms with Crippen molar-refractivity contribution in [2.75, 3.05) is 0 Å². The molecule has 0 aliphatic carbocycles. The van der Waals surface area contributed by atoms with Gasteiger partial charge in [-0.2, -0.15) is 8.78 Å². The number of H-pyrrole nitrogens is 1. The van der Waals surface area contributed by atoms with E-state index in [0.29, 0.717) is 11.1 Å². The van der Waals surface area contributed by atoms with E-state index in [0.717, 1.165) is 10.9 Å². The number of fused-ring (bicyclic) bond motifs is 1. The molecule has 0 spiro atoms. The van der Waals surface area contributed by atoms with Crippen molar-refractivity contribution in [1.29, 1.82) is 0 Å². The quantitative estimate of drug-likeness (QED) is 0.367. The molecule has 1 atom stereocenters. The zero-order valence-electron chi connectivity index (χ0n) is 14.9. The lowest BCUT2D eigenvalue weighted by Gasteiger charge is -2.10. The van der Waals surface area contributed by atoms with Crippen molar-refractivity contribution in [1.82, 2.24) is 4.98 Å². The first-order valence-electron chi connectivity index (χ1n) is 8.48. The van der Waals surface area contributed by atoms with Crippen molar-refractivity contribution in [3.63, 3.8) is 0 Å². The second-order valence-corrected chi connectivity index (χ2v) is 5.97. The third-order valence-corrected chi connectivity index (χ3v) is 4.03. The summed E-state index contributed by atoms with van der Waals surface area (Å²) < 4.78 is 33.7. The highest BCUT2D eigenvalue weighted by Crippen LogP contribution is 2.20. The highest BCUT2D eigenvalue weighted by molar-refractivity contribution is 6.10. The number of carbonyl (C=O) groups excluding carboxylic acids is 2. The van der Waals surface area contributed by atoms with Crippen molar-refractivity contribution in [2.24, 2.45) is 0 Å². The van der Waals surface area contributed by atoms with Crippen LogP contribution in [-0.4, -0.2) is 29.5 Å². The second kappa shape index (κ2) is 8.47. The van der Waals surface area contributed by atoms with Crippen LogP contribution in [0.3, 0.4) is 0 Å². The van der Waals surface area contributed by atoms with Gasteiger partial charge >= 0.3 is 12.6 Å². The monoisotopic (exact) mass is 385 g/mol. The molecule has 0 saturated carbocycles. The summed E-state index contributed by atoms with van der Waals surface area (Å²) >= 11 is 0.